The maximum atomic E-state index is 12.4. The molecule has 0 unspecified atom stereocenters. The highest BCUT2D eigenvalue weighted by atomic mass is 19.4. The number of halogens is 3. The summed E-state index contributed by atoms with van der Waals surface area (Å²) in [7, 11) is 1.64. The molecule has 0 fully saturated rings. The number of nitrogens with zero attached hydrogens (tertiary/aromatic N) is 1. The van der Waals surface area contributed by atoms with Gasteiger partial charge in [-0.15, -0.1) is 0 Å². The van der Waals surface area contributed by atoms with Crippen molar-refractivity contribution in [3.63, 3.8) is 0 Å². The van der Waals surface area contributed by atoms with Crippen LogP contribution in [0.15, 0.2) is 24.3 Å². The number of benzene rings is 1. The molecule has 0 spiro atoms. The lowest BCUT2D eigenvalue weighted by Gasteiger charge is -2.06. The summed E-state index contributed by atoms with van der Waals surface area (Å²) in [4.78, 5) is 10.6. The molecule has 1 aromatic heterocycles. The van der Waals surface area contributed by atoms with Crippen molar-refractivity contribution in [2.45, 2.75) is 6.18 Å². The molecule has 0 N–H and O–H groups in total. The van der Waals surface area contributed by atoms with E-state index < -0.39 is 11.7 Å². The Labute approximate surface area is 89.3 Å². The largest absolute Gasteiger partial charge is 0.416 e. The van der Waals surface area contributed by atoms with E-state index in [1.807, 2.05) is 0 Å². The number of hydrogen-bond donors (Lipinski definition) is 0. The lowest BCUT2D eigenvalue weighted by Crippen LogP contribution is -2.04. The van der Waals surface area contributed by atoms with Gasteiger partial charge in [0, 0.05) is 18.0 Å². The van der Waals surface area contributed by atoms with Crippen LogP contribution in [0.1, 0.15) is 16.1 Å². The zero-order valence-corrected chi connectivity index (χ0v) is 8.38. The maximum absolute atomic E-state index is 12.4. The van der Waals surface area contributed by atoms with Gasteiger partial charge in [-0.1, -0.05) is 0 Å². The molecular weight excluding hydrogens is 219 g/mol. The first kappa shape index (κ1) is 10.7. The number of aldehydes is 1. The maximum Gasteiger partial charge on any atom is 0.416 e. The van der Waals surface area contributed by atoms with Crippen molar-refractivity contribution in [3.8, 4) is 0 Å². The van der Waals surface area contributed by atoms with Gasteiger partial charge in [-0.25, -0.2) is 0 Å². The second-order valence-electron chi connectivity index (χ2n) is 3.52. The highest BCUT2D eigenvalue weighted by Crippen LogP contribution is 2.31. The van der Waals surface area contributed by atoms with Crippen LogP contribution in [-0.2, 0) is 13.2 Å². The molecule has 2 nitrogen and oxygen atoms in total. The summed E-state index contributed by atoms with van der Waals surface area (Å²) < 4.78 is 38.8. The minimum Gasteiger partial charge on any atom is -0.341 e. The van der Waals surface area contributed by atoms with Crippen molar-refractivity contribution in [1.82, 2.24) is 4.57 Å². The molecule has 2 rings (SSSR count). The first-order valence-corrected chi connectivity index (χ1v) is 4.55. The van der Waals surface area contributed by atoms with Crippen LogP contribution >= 0.6 is 0 Å². The van der Waals surface area contributed by atoms with Crippen molar-refractivity contribution >= 4 is 17.2 Å². The van der Waals surface area contributed by atoms with Gasteiger partial charge in [0.05, 0.1) is 11.3 Å². The molecule has 0 radical (unpaired) electrons. The van der Waals surface area contributed by atoms with E-state index in [1.54, 1.807) is 11.6 Å². The summed E-state index contributed by atoms with van der Waals surface area (Å²) in [6, 6.07) is 4.86. The molecule has 0 atom stereocenters. The van der Waals surface area contributed by atoms with Crippen LogP contribution < -0.4 is 0 Å². The van der Waals surface area contributed by atoms with Gasteiger partial charge in [-0.05, 0) is 24.3 Å². The Morgan fingerprint density at radius 2 is 1.94 bits per heavy atom. The van der Waals surface area contributed by atoms with E-state index in [-0.39, 0.29) is 0 Å². The van der Waals surface area contributed by atoms with Gasteiger partial charge in [0.15, 0.2) is 6.29 Å². The average Bonchev–Trinajstić information content (AvgIpc) is 2.54. The van der Waals surface area contributed by atoms with E-state index >= 15 is 0 Å². The molecule has 0 amide bonds. The predicted octanol–water partition coefficient (Wildman–Crippen LogP) is 3.01. The summed E-state index contributed by atoms with van der Waals surface area (Å²) in [5, 5.41) is 0.416. The number of carbonyl (C=O) groups is 1. The predicted molar refractivity (Wildman–Crippen MR) is 53.3 cm³/mol. The Morgan fingerprint density at radius 3 is 2.50 bits per heavy atom. The second kappa shape index (κ2) is 3.37. The fourth-order valence-corrected chi connectivity index (χ4v) is 1.66. The monoisotopic (exact) mass is 227 g/mol. The summed E-state index contributed by atoms with van der Waals surface area (Å²) in [5.74, 6) is 0. The standard InChI is InChI=1S/C11H8F3NO/c1-15-9(6-16)5-7-4-8(11(12,13)14)2-3-10(7)15/h2-6H,1H3. The third-order valence-electron chi connectivity index (χ3n) is 2.53. The molecule has 0 saturated heterocycles. The van der Waals surface area contributed by atoms with Gasteiger partial charge in [0.2, 0.25) is 0 Å². The Kier molecular flexibility index (Phi) is 2.26. The average molecular weight is 227 g/mol. The van der Waals surface area contributed by atoms with Crippen molar-refractivity contribution in [2.75, 3.05) is 0 Å². The zero-order chi connectivity index (χ0) is 11.9. The molecule has 5 heteroatoms. The number of alkyl halides is 3. The zero-order valence-electron chi connectivity index (χ0n) is 8.38. The fraction of sp³-hybridized carbons (Fsp3) is 0.182. The van der Waals surface area contributed by atoms with Crippen LogP contribution in [0.25, 0.3) is 10.9 Å². The van der Waals surface area contributed by atoms with E-state index in [0.29, 0.717) is 22.9 Å². The Hall–Kier alpha value is -1.78. The van der Waals surface area contributed by atoms with Crippen molar-refractivity contribution in [2.24, 2.45) is 7.05 Å². The molecule has 2 aromatic rings. The van der Waals surface area contributed by atoms with Crippen LogP contribution in [0.2, 0.25) is 0 Å². The van der Waals surface area contributed by atoms with Gasteiger partial charge in [0.25, 0.3) is 0 Å². The molecule has 0 aliphatic heterocycles. The Balaban J connectivity index is 2.68. The van der Waals surface area contributed by atoms with Gasteiger partial charge >= 0.3 is 6.18 Å². The highest BCUT2D eigenvalue weighted by molar-refractivity contribution is 5.89. The molecular formula is C11H8F3NO. The summed E-state index contributed by atoms with van der Waals surface area (Å²) >= 11 is 0. The molecule has 84 valence electrons. The third kappa shape index (κ3) is 1.58. The third-order valence-corrected chi connectivity index (χ3v) is 2.53. The summed E-state index contributed by atoms with van der Waals surface area (Å²) in [5.41, 5.74) is 0.257. The van der Waals surface area contributed by atoms with E-state index in [2.05, 4.69) is 0 Å². The van der Waals surface area contributed by atoms with Crippen LogP contribution in [0.5, 0.6) is 0 Å². The Bertz CT molecular complexity index is 554. The van der Waals surface area contributed by atoms with Crippen molar-refractivity contribution < 1.29 is 18.0 Å². The van der Waals surface area contributed by atoms with Gasteiger partial charge in [-0.3, -0.25) is 4.79 Å². The smallest absolute Gasteiger partial charge is 0.341 e. The van der Waals surface area contributed by atoms with E-state index in [0.717, 1.165) is 12.1 Å². The van der Waals surface area contributed by atoms with Gasteiger partial charge < -0.3 is 4.57 Å². The van der Waals surface area contributed by atoms with Crippen LogP contribution in [0.4, 0.5) is 13.2 Å². The van der Waals surface area contributed by atoms with Gasteiger partial charge in [-0.2, -0.15) is 13.2 Å². The molecule has 0 saturated carbocycles. The van der Waals surface area contributed by atoms with Crippen LogP contribution in [-0.4, -0.2) is 10.9 Å². The van der Waals surface area contributed by atoms with E-state index in [4.69, 9.17) is 0 Å². The summed E-state index contributed by atoms with van der Waals surface area (Å²) in [6.07, 6.45) is -3.74. The van der Waals surface area contributed by atoms with Gasteiger partial charge in [0.1, 0.15) is 0 Å². The first-order valence-electron chi connectivity index (χ1n) is 4.55. The Morgan fingerprint density at radius 1 is 1.25 bits per heavy atom. The number of rotatable bonds is 1. The van der Waals surface area contributed by atoms with E-state index in [9.17, 15) is 18.0 Å². The lowest BCUT2D eigenvalue weighted by molar-refractivity contribution is -0.137. The molecule has 16 heavy (non-hydrogen) atoms. The molecule has 0 aliphatic carbocycles. The fourth-order valence-electron chi connectivity index (χ4n) is 1.66. The number of fused-ring (bicyclic) bond motifs is 1. The van der Waals surface area contributed by atoms with Crippen molar-refractivity contribution in [3.05, 3.63) is 35.5 Å². The topological polar surface area (TPSA) is 22.0 Å². The number of aryl methyl sites for hydroxylation is 1. The van der Waals surface area contributed by atoms with E-state index in [1.165, 1.54) is 12.1 Å². The second-order valence-corrected chi connectivity index (χ2v) is 3.52. The molecule has 0 aliphatic rings. The van der Waals surface area contributed by atoms with Crippen LogP contribution in [0, 0.1) is 0 Å². The van der Waals surface area contributed by atoms with Crippen LogP contribution in [0.3, 0.4) is 0 Å². The first-order chi connectivity index (χ1) is 7.43. The minimum atomic E-state index is -4.36. The number of aromatic nitrogens is 1. The molecule has 0 bridgehead atoms. The van der Waals surface area contributed by atoms with Crippen molar-refractivity contribution in [1.29, 1.82) is 0 Å². The summed E-state index contributed by atoms with van der Waals surface area (Å²) in [6.45, 7) is 0. The minimum absolute atomic E-state index is 0.356. The quantitative estimate of drug-likeness (QED) is 0.686. The highest BCUT2D eigenvalue weighted by Gasteiger charge is 2.30. The SMILES string of the molecule is Cn1c(C=O)cc2cc(C(F)(F)F)ccc21. The number of carbonyl (C=O) groups excluding carboxylic acids is 1. The normalized spacial score (nSPS) is 12.0. The molecule has 1 aromatic carbocycles. The lowest BCUT2D eigenvalue weighted by atomic mass is 10.1. The number of hydrogen-bond acceptors (Lipinski definition) is 1. The molecule has 1 heterocycles.